The molecule has 0 aromatic heterocycles. The van der Waals surface area contributed by atoms with Gasteiger partial charge in [-0.1, -0.05) is 0 Å². The zero-order chi connectivity index (χ0) is 12.4. The van der Waals surface area contributed by atoms with E-state index in [9.17, 15) is 13.6 Å². The zero-order valence-electron chi connectivity index (χ0n) is 9.30. The van der Waals surface area contributed by atoms with E-state index in [0.717, 1.165) is 25.2 Å². The highest BCUT2D eigenvalue weighted by molar-refractivity contribution is 14.1. The number of hydrogen-bond acceptors (Lipinski definition) is 2. The molecular formula is C11H12ClF2IN2O. The Hall–Kier alpha value is -0.470. The molecule has 0 atom stereocenters. The Kier molecular flexibility index (Phi) is 5.74. The summed E-state index contributed by atoms with van der Waals surface area (Å²) < 4.78 is 26.3. The number of halogens is 4. The van der Waals surface area contributed by atoms with E-state index in [-0.39, 0.29) is 23.9 Å². The van der Waals surface area contributed by atoms with Crippen molar-refractivity contribution >= 4 is 40.9 Å². The lowest BCUT2D eigenvalue weighted by Crippen LogP contribution is -2.48. The monoisotopic (exact) mass is 388 g/mol. The Balaban J connectivity index is 0.00000162. The lowest BCUT2D eigenvalue weighted by atomic mass is 10.0. The summed E-state index contributed by atoms with van der Waals surface area (Å²) in [6.45, 7) is 2.32. The third-order valence-corrected chi connectivity index (χ3v) is 3.56. The van der Waals surface area contributed by atoms with Gasteiger partial charge in [-0.3, -0.25) is 4.79 Å². The van der Waals surface area contributed by atoms with Gasteiger partial charge < -0.3 is 10.6 Å². The van der Waals surface area contributed by atoms with Gasteiger partial charge in [0.2, 0.25) is 0 Å². The van der Waals surface area contributed by atoms with Gasteiger partial charge in [-0.15, -0.1) is 12.4 Å². The maximum Gasteiger partial charge on any atom is 0.252 e. The Bertz CT molecular complexity index is 455. The molecular weight excluding hydrogens is 376 g/mol. The van der Waals surface area contributed by atoms with E-state index >= 15 is 0 Å². The van der Waals surface area contributed by atoms with Gasteiger partial charge in [-0.2, -0.15) is 0 Å². The van der Waals surface area contributed by atoms with E-state index < -0.39 is 11.6 Å². The van der Waals surface area contributed by atoms with Crippen molar-refractivity contribution in [3.8, 4) is 0 Å². The molecule has 1 aromatic carbocycles. The molecule has 0 bridgehead atoms. The third-order valence-electron chi connectivity index (χ3n) is 2.67. The quantitative estimate of drug-likeness (QED) is 0.614. The fraction of sp³-hybridized carbons (Fsp3) is 0.364. The lowest BCUT2D eigenvalue weighted by molar-refractivity contribution is 0.0940. The van der Waals surface area contributed by atoms with Crippen molar-refractivity contribution in [2.24, 2.45) is 5.92 Å². The summed E-state index contributed by atoms with van der Waals surface area (Å²) in [6.07, 6.45) is 0. The van der Waals surface area contributed by atoms with E-state index in [2.05, 4.69) is 10.6 Å². The summed E-state index contributed by atoms with van der Waals surface area (Å²) in [5.74, 6) is -1.86. The number of benzene rings is 1. The highest BCUT2D eigenvalue weighted by Crippen LogP contribution is 2.17. The highest BCUT2D eigenvalue weighted by atomic mass is 127. The average Bonchev–Trinajstić information content (AvgIpc) is 2.21. The number of amides is 1. The lowest BCUT2D eigenvalue weighted by Gasteiger charge is -2.27. The molecule has 2 N–H and O–H groups in total. The minimum atomic E-state index is -0.999. The molecule has 0 spiro atoms. The van der Waals surface area contributed by atoms with Crippen molar-refractivity contribution in [2.45, 2.75) is 0 Å². The van der Waals surface area contributed by atoms with Gasteiger partial charge in [-0.25, -0.2) is 8.78 Å². The molecule has 1 aromatic rings. The van der Waals surface area contributed by atoms with Gasteiger partial charge in [0.25, 0.3) is 5.91 Å². The van der Waals surface area contributed by atoms with Crippen molar-refractivity contribution in [2.75, 3.05) is 19.6 Å². The first-order valence-corrected chi connectivity index (χ1v) is 6.29. The number of nitrogens with one attached hydrogen (secondary N) is 2. The van der Waals surface area contributed by atoms with Crippen LogP contribution in [0.25, 0.3) is 0 Å². The van der Waals surface area contributed by atoms with Gasteiger partial charge in [0, 0.05) is 29.1 Å². The molecule has 1 amide bonds. The Morgan fingerprint density at radius 1 is 1.39 bits per heavy atom. The van der Waals surface area contributed by atoms with Crippen molar-refractivity contribution in [3.05, 3.63) is 32.9 Å². The van der Waals surface area contributed by atoms with Crippen LogP contribution in [-0.4, -0.2) is 25.5 Å². The molecule has 100 valence electrons. The van der Waals surface area contributed by atoms with E-state index in [1.165, 1.54) is 0 Å². The molecule has 0 unspecified atom stereocenters. The largest absolute Gasteiger partial charge is 0.352 e. The van der Waals surface area contributed by atoms with Crippen LogP contribution < -0.4 is 10.6 Å². The predicted octanol–water partition coefficient (Wildman–Crippen LogP) is 1.94. The molecule has 1 aliphatic rings. The minimum Gasteiger partial charge on any atom is -0.352 e. The van der Waals surface area contributed by atoms with E-state index in [0.29, 0.717) is 16.0 Å². The van der Waals surface area contributed by atoms with Crippen molar-refractivity contribution in [1.29, 1.82) is 0 Å². The fourth-order valence-electron chi connectivity index (χ4n) is 1.52. The molecule has 2 rings (SSSR count). The molecule has 3 nitrogen and oxygen atoms in total. The smallest absolute Gasteiger partial charge is 0.252 e. The molecule has 0 radical (unpaired) electrons. The topological polar surface area (TPSA) is 41.1 Å². The maximum atomic E-state index is 13.0. The first kappa shape index (κ1) is 15.6. The zero-order valence-corrected chi connectivity index (χ0v) is 12.3. The van der Waals surface area contributed by atoms with Crippen LogP contribution in [0.4, 0.5) is 8.78 Å². The summed E-state index contributed by atoms with van der Waals surface area (Å²) >= 11 is 1.82. The van der Waals surface area contributed by atoms with Crippen LogP contribution in [0, 0.1) is 21.1 Å². The third kappa shape index (κ3) is 3.52. The van der Waals surface area contributed by atoms with Gasteiger partial charge in [0.05, 0.1) is 5.56 Å². The standard InChI is InChI=1S/C11H11F2IN2O.ClH/c12-8-1-7(10(14)2-9(8)13)11(17)16-5-6-3-15-4-6;/h1-2,6,15H,3-5H2,(H,16,17);1H. The van der Waals surface area contributed by atoms with E-state index in [1.54, 1.807) is 0 Å². The Labute approximate surface area is 123 Å². The van der Waals surface area contributed by atoms with Crippen molar-refractivity contribution < 1.29 is 13.6 Å². The Morgan fingerprint density at radius 3 is 2.56 bits per heavy atom. The van der Waals surface area contributed by atoms with Gasteiger partial charge in [0.15, 0.2) is 11.6 Å². The van der Waals surface area contributed by atoms with Crippen molar-refractivity contribution in [1.82, 2.24) is 10.6 Å². The van der Waals surface area contributed by atoms with E-state index in [4.69, 9.17) is 0 Å². The van der Waals surface area contributed by atoms with Gasteiger partial charge >= 0.3 is 0 Å². The van der Waals surface area contributed by atoms with Crippen LogP contribution in [0.15, 0.2) is 12.1 Å². The minimum absolute atomic E-state index is 0. The molecule has 1 saturated heterocycles. The fourth-order valence-corrected chi connectivity index (χ4v) is 2.20. The SMILES string of the molecule is Cl.O=C(NCC1CNC1)c1cc(F)c(F)cc1I. The summed E-state index contributed by atoms with van der Waals surface area (Å²) in [4.78, 5) is 11.7. The predicted molar refractivity (Wildman–Crippen MR) is 75.0 cm³/mol. The van der Waals surface area contributed by atoms with Crippen LogP contribution in [0.3, 0.4) is 0 Å². The van der Waals surface area contributed by atoms with Crippen LogP contribution in [0.1, 0.15) is 10.4 Å². The summed E-state index contributed by atoms with van der Waals surface area (Å²) in [7, 11) is 0. The molecule has 1 heterocycles. The van der Waals surface area contributed by atoms with Gasteiger partial charge in [0.1, 0.15) is 0 Å². The first-order chi connectivity index (χ1) is 8.08. The number of carbonyl (C=O) groups is 1. The van der Waals surface area contributed by atoms with Gasteiger partial charge in [-0.05, 0) is 34.7 Å². The van der Waals surface area contributed by atoms with Crippen molar-refractivity contribution in [3.63, 3.8) is 0 Å². The Morgan fingerprint density at radius 2 is 2.00 bits per heavy atom. The number of hydrogen-bond donors (Lipinski definition) is 2. The summed E-state index contributed by atoms with van der Waals surface area (Å²) in [6, 6.07) is 1.96. The number of carbonyl (C=O) groups excluding carboxylic acids is 1. The molecule has 1 aliphatic heterocycles. The molecule has 18 heavy (non-hydrogen) atoms. The molecule has 0 aliphatic carbocycles. The second-order valence-corrected chi connectivity index (χ2v) is 5.14. The first-order valence-electron chi connectivity index (χ1n) is 5.21. The van der Waals surface area contributed by atoms with Crippen LogP contribution in [-0.2, 0) is 0 Å². The summed E-state index contributed by atoms with van der Waals surface area (Å²) in [5.41, 5.74) is 0.178. The summed E-state index contributed by atoms with van der Waals surface area (Å²) in [5, 5.41) is 5.81. The number of rotatable bonds is 3. The maximum absolute atomic E-state index is 13.0. The van der Waals surface area contributed by atoms with E-state index in [1.807, 2.05) is 22.6 Å². The molecule has 1 fully saturated rings. The van der Waals surface area contributed by atoms with Crippen LogP contribution in [0.5, 0.6) is 0 Å². The highest BCUT2D eigenvalue weighted by Gasteiger charge is 2.19. The second-order valence-electron chi connectivity index (χ2n) is 3.98. The van der Waals surface area contributed by atoms with Crippen LogP contribution in [0.2, 0.25) is 0 Å². The average molecular weight is 389 g/mol. The molecule has 0 saturated carbocycles. The van der Waals surface area contributed by atoms with Crippen LogP contribution >= 0.6 is 35.0 Å². The molecule has 7 heteroatoms. The second kappa shape index (κ2) is 6.63. The normalized spacial score (nSPS) is 14.6.